The van der Waals surface area contributed by atoms with Crippen LogP contribution in [0.2, 0.25) is 0 Å². The van der Waals surface area contributed by atoms with Crippen LogP contribution >= 0.6 is 0 Å². The molecule has 0 saturated carbocycles. The Morgan fingerprint density at radius 2 is 1.08 bits per heavy atom. The van der Waals surface area contributed by atoms with Gasteiger partial charge in [-0.05, 0) is 90.7 Å². The molecule has 0 nitrogen and oxygen atoms in total. The van der Waals surface area contributed by atoms with Gasteiger partial charge in [0, 0.05) is 27.6 Å². The molecule has 0 fully saturated rings. The predicted octanol–water partition coefficient (Wildman–Crippen LogP) is 9.63. The van der Waals surface area contributed by atoms with Crippen LogP contribution in [0.1, 0.15) is 92.2 Å². The molecule has 4 rings (SSSR count). The molecule has 0 aliphatic carbocycles. The Hall–Kier alpha value is -3.81. The van der Waals surface area contributed by atoms with Crippen molar-refractivity contribution in [1.82, 2.24) is 0 Å². The molecule has 38 heavy (non-hydrogen) atoms. The van der Waals surface area contributed by atoms with Gasteiger partial charge in [0.05, 0.1) is 0 Å². The Morgan fingerprint density at radius 1 is 0.526 bits per heavy atom. The van der Waals surface area contributed by atoms with Crippen molar-refractivity contribution in [3.8, 4) is 23.7 Å². The molecule has 0 radical (unpaired) electrons. The molecule has 0 saturated heterocycles. The highest BCUT2D eigenvalue weighted by Gasteiger charge is 2.07. The SMILES string of the molecule is CCCCCCCc1ccc(C#Cc2ccc(C#Cc3ccc4c(F)c(CCCC)ccc4c3)cc2)cc1. The van der Waals surface area contributed by atoms with E-state index in [1.54, 1.807) is 0 Å². The summed E-state index contributed by atoms with van der Waals surface area (Å²) in [6.45, 7) is 4.38. The summed E-state index contributed by atoms with van der Waals surface area (Å²) < 4.78 is 14.8. The van der Waals surface area contributed by atoms with E-state index >= 15 is 0 Å². The third-order valence-electron chi connectivity index (χ3n) is 6.94. The Bertz CT molecular complexity index is 1450. The summed E-state index contributed by atoms with van der Waals surface area (Å²) in [6, 6.07) is 26.3. The summed E-state index contributed by atoms with van der Waals surface area (Å²) >= 11 is 0. The fourth-order valence-electron chi connectivity index (χ4n) is 4.59. The Labute approximate surface area is 228 Å². The lowest BCUT2D eigenvalue weighted by Crippen LogP contribution is -1.92. The van der Waals surface area contributed by atoms with E-state index in [1.807, 2.05) is 54.6 Å². The third kappa shape index (κ3) is 7.84. The van der Waals surface area contributed by atoms with Gasteiger partial charge in [0.15, 0.2) is 0 Å². The zero-order valence-electron chi connectivity index (χ0n) is 22.7. The lowest BCUT2D eigenvalue weighted by Gasteiger charge is -2.06. The topological polar surface area (TPSA) is 0 Å². The van der Waals surface area contributed by atoms with Crippen molar-refractivity contribution >= 4 is 10.8 Å². The van der Waals surface area contributed by atoms with E-state index in [0.29, 0.717) is 5.39 Å². The minimum Gasteiger partial charge on any atom is -0.206 e. The van der Waals surface area contributed by atoms with Crippen LogP contribution in [0.15, 0.2) is 78.9 Å². The molecule has 0 aliphatic heterocycles. The maximum Gasteiger partial charge on any atom is 0.134 e. The first kappa shape index (κ1) is 27.2. The quantitative estimate of drug-likeness (QED) is 0.158. The molecule has 4 aromatic carbocycles. The van der Waals surface area contributed by atoms with Crippen LogP contribution < -0.4 is 0 Å². The van der Waals surface area contributed by atoms with E-state index in [-0.39, 0.29) is 5.82 Å². The number of hydrogen-bond donors (Lipinski definition) is 0. The second kappa shape index (κ2) is 14.2. The van der Waals surface area contributed by atoms with Gasteiger partial charge >= 0.3 is 0 Å². The molecule has 0 N–H and O–H groups in total. The van der Waals surface area contributed by atoms with Crippen molar-refractivity contribution in [3.05, 3.63) is 118 Å². The van der Waals surface area contributed by atoms with Crippen molar-refractivity contribution in [2.24, 2.45) is 0 Å². The smallest absolute Gasteiger partial charge is 0.134 e. The van der Waals surface area contributed by atoms with Gasteiger partial charge in [-0.3, -0.25) is 0 Å². The fourth-order valence-corrected chi connectivity index (χ4v) is 4.59. The molecule has 0 aliphatic rings. The molecule has 0 atom stereocenters. The van der Waals surface area contributed by atoms with Crippen molar-refractivity contribution in [1.29, 1.82) is 0 Å². The summed E-state index contributed by atoms with van der Waals surface area (Å²) in [5, 5.41) is 1.56. The molecule has 0 spiro atoms. The highest BCUT2D eigenvalue weighted by atomic mass is 19.1. The average molecular weight is 501 g/mol. The first-order valence-corrected chi connectivity index (χ1v) is 14.1. The minimum absolute atomic E-state index is 0.0964. The summed E-state index contributed by atoms with van der Waals surface area (Å²) in [6.07, 6.45) is 10.6. The number of halogens is 1. The maximum atomic E-state index is 14.8. The van der Waals surface area contributed by atoms with Crippen molar-refractivity contribution in [2.75, 3.05) is 0 Å². The molecule has 4 aromatic rings. The summed E-state index contributed by atoms with van der Waals surface area (Å²) in [5.74, 6) is 12.9. The zero-order valence-corrected chi connectivity index (χ0v) is 22.7. The van der Waals surface area contributed by atoms with Crippen molar-refractivity contribution < 1.29 is 4.39 Å². The molecule has 0 amide bonds. The Morgan fingerprint density at radius 3 is 1.71 bits per heavy atom. The first-order valence-electron chi connectivity index (χ1n) is 14.1. The summed E-state index contributed by atoms with van der Waals surface area (Å²) in [5.41, 5.74) is 6.01. The van der Waals surface area contributed by atoms with Crippen LogP contribution in [0, 0.1) is 29.5 Å². The summed E-state index contributed by atoms with van der Waals surface area (Å²) in [4.78, 5) is 0. The molecule has 0 bridgehead atoms. The number of fused-ring (bicyclic) bond motifs is 1. The first-order chi connectivity index (χ1) is 18.7. The van der Waals surface area contributed by atoms with Crippen LogP contribution in [0.4, 0.5) is 4.39 Å². The standard InChI is InChI=1S/C37H37F/c1-3-5-7-8-9-10-29-12-14-30(15-13-29)16-17-31-18-20-32(21-19-31)22-23-33-24-27-36-35(28-33)26-25-34(37(36)38)11-6-4-2/h12-15,18-21,24-28H,3-11H2,1-2H3. The monoisotopic (exact) mass is 500 g/mol. The van der Waals surface area contributed by atoms with Gasteiger partial charge in [0.2, 0.25) is 0 Å². The normalized spacial score (nSPS) is 10.5. The van der Waals surface area contributed by atoms with E-state index in [1.165, 1.54) is 37.7 Å². The van der Waals surface area contributed by atoms with Crippen molar-refractivity contribution in [3.63, 3.8) is 0 Å². The van der Waals surface area contributed by atoms with Crippen LogP contribution in [-0.2, 0) is 12.8 Å². The van der Waals surface area contributed by atoms with Gasteiger partial charge < -0.3 is 0 Å². The van der Waals surface area contributed by atoms with Crippen LogP contribution in [0.5, 0.6) is 0 Å². The second-order valence-corrected chi connectivity index (χ2v) is 10.0. The van der Waals surface area contributed by atoms with Gasteiger partial charge in [-0.2, -0.15) is 0 Å². The predicted molar refractivity (Wildman–Crippen MR) is 160 cm³/mol. The van der Waals surface area contributed by atoms with Crippen LogP contribution in [0.25, 0.3) is 10.8 Å². The van der Waals surface area contributed by atoms with E-state index in [4.69, 9.17) is 0 Å². The zero-order chi connectivity index (χ0) is 26.6. The number of rotatable bonds is 9. The highest BCUT2D eigenvalue weighted by Crippen LogP contribution is 2.23. The number of benzene rings is 4. The van der Waals surface area contributed by atoms with E-state index in [2.05, 4.69) is 61.8 Å². The van der Waals surface area contributed by atoms with E-state index < -0.39 is 0 Å². The molecule has 0 aromatic heterocycles. The number of aryl methyl sites for hydroxylation is 2. The minimum atomic E-state index is -0.0964. The lowest BCUT2D eigenvalue weighted by atomic mass is 10.0. The van der Waals surface area contributed by atoms with Crippen LogP contribution in [0.3, 0.4) is 0 Å². The molecule has 1 heteroatoms. The maximum absolute atomic E-state index is 14.8. The highest BCUT2D eigenvalue weighted by molar-refractivity contribution is 5.85. The number of unbranched alkanes of at least 4 members (excludes halogenated alkanes) is 5. The van der Waals surface area contributed by atoms with Gasteiger partial charge in [-0.15, -0.1) is 0 Å². The van der Waals surface area contributed by atoms with Gasteiger partial charge in [0.25, 0.3) is 0 Å². The Balaban J connectivity index is 1.36. The van der Waals surface area contributed by atoms with E-state index in [9.17, 15) is 4.39 Å². The fraction of sp³-hybridized carbons (Fsp3) is 0.297. The van der Waals surface area contributed by atoms with Gasteiger partial charge in [0.1, 0.15) is 5.82 Å². The van der Waals surface area contributed by atoms with Gasteiger partial charge in [-0.1, -0.05) is 100.0 Å². The van der Waals surface area contributed by atoms with Gasteiger partial charge in [-0.25, -0.2) is 4.39 Å². The second-order valence-electron chi connectivity index (χ2n) is 10.0. The molecule has 192 valence electrons. The molecular formula is C37H37F. The molecule has 0 heterocycles. The van der Waals surface area contributed by atoms with Crippen LogP contribution in [-0.4, -0.2) is 0 Å². The lowest BCUT2D eigenvalue weighted by molar-refractivity contribution is 0.614. The molecular weight excluding hydrogens is 463 g/mol. The Kier molecular flexibility index (Phi) is 10.2. The third-order valence-corrected chi connectivity index (χ3v) is 6.94. The largest absolute Gasteiger partial charge is 0.206 e. The summed E-state index contributed by atoms with van der Waals surface area (Å²) in [7, 11) is 0. The molecule has 0 unspecified atom stereocenters. The van der Waals surface area contributed by atoms with E-state index in [0.717, 1.165) is 58.9 Å². The number of hydrogen-bond acceptors (Lipinski definition) is 0. The van der Waals surface area contributed by atoms with Crippen molar-refractivity contribution in [2.45, 2.75) is 71.6 Å². The average Bonchev–Trinajstić information content (AvgIpc) is 2.96.